The van der Waals surface area contributed by atoms with Gasteiger partial charge in [0.05, 0.1) is 5.56 Å². The summed E-state index contributed by atoms with van der Waals surface area (Å²) in [5, 5.41) is 0. The van der Waals surface area contributed by atoms with E-state index in [0.29, 0.717) is 5.56 Å². The van der Waals surface area contributed by atoms with Crippen molar-refractivity contribution < 1.29 is 4.79 Å². The molecule has 0 N–H and O–H groups in total. The number of anilines is 2. The molecule has 1 aromatic heterocycles. The highest BCUT2D eigenvalue weighted by molar-refractivity contribution is 6.07. The van der Waals surface area contributed by atoms with Crippen LogP contribution in [-0.2, 0) is 6.42 Å². The maximum Gasteiger partial charge on any atom is 0.259 e. The zero-order valence-corrected chi connectivity index (χ0v) is 17.3. The Morgan fingerprint density at radius 3 is 2.55 bits per heavy atom. The van der Waals surface area contributed by atoms with Crippen molar-refractivity contribution in [3.63, 3.8) is 0 Å². The van der Waals surface area contributed by atoms with Gasteiger partial charge in [0.25, 0.3) is 5.91 Å². The summed E-state index contributed by atoms with van der Waals surface area (Å²) >= 11 is 0. The van der Waals surface area contributed by atoms with Crippen LogP contribution in [0.1, 0.15) is 48.5 Å². The molecule has 29 heavy (non-hydrogen) atoms. The average molecular weight is 391 g/mol. The van der Waals surface area contributed by atoms with Crippen LogP contribution < -0.4 is 9.80 Å². The molecule has 152 valence electrons. The number of pyridine rings is 1. The number of hydrogen-bond acceptors (Lipinski definition) is 4. The van der Waals surface area contributed by atoms with E-state index >= 15 is 0 Å². The van der Waals surface area contributed by atoms with E-state index in [1.54, 1.807) is 6.20 Å². The first-order chi connectivity index (χ1) is 14.2. The van der Waals surface area contributed by atoms with Gasteiger partial charge in [-0.3, -0.25) is 9.69 Å². The lowest BCUT2D eigenvalue weighted by atomic mass is 10.0. The van der Waals surface area contributed by atoms with E-state index in [2.05, 4.69) is 27.8 Å². The van der Waals surface area contributed by atoms with Crippen molar-refractivity contribution in [1.29, 1.82) is 0 Å². The van der Waals surface area contributed by atoms with E-state index in [0.717, 1.165) is 49.6 Å². The fourth-order valence-corrected chi connectivity index (χ4v) is 5.33. The van der Waals surface area contributed by atoms with Gasteiger partial charge in [0.2, 0.25) is 0 Å². The number of hydrogen-bond donors (Lipinski definition) is 0. The van der Waals surface area contributed by atoms with Crippen LogP contribution in [0.4, 0.5) is 11.5 Å². The summed E-state index contributed by atoms with van der Waals surface area (Å²) in [5.74, 6) is 1.05. The summed E-state index contributed by atoms with van der Waals surface area (Å²) in [5.41, 5.74) is 2.96. The van der Waals surface area contributed by atoms with Crippen LogP contribution in [0.15, 0.2) is 42.6 Å². The van der Waals surface area contributed by atoms with E-state index in [9.17, 15) is 4.79 Å². The normalized spacial score (nSPS) is 22.9. The lowest BCUT2D eigenvalue weighted by Crippen LogP contribution is -2.46. The van der Waals surface area contributed by atoms with E-state index in [4.69, 9.17) is 0 Å². The Morgan fingerprint density at radius 2 is 1.83 bits per heavy atom. The highest BCUT2D eigenvalue weighted by Gasteiger charge is 2.31. The number of piperidine rings is 1. The number of rotatable bonds is 3. The van der Waals surface area contributed by atoms with Crippen molar-refractivity contribution in [3.8, 4) is 0 Å². The molecule has 4 heterocycles. The largest absolute Gasteiger partial charge is 0.357 e. The van der Waals surface area contributed by atoms with Crippen LogP contribution >= 0.6 is 0 Å². The predicted octanol–water partition coefficient (Wildman–Crippen LogP) is 3.74. The summed E-state index contributed by atoms with van der Waals surface area (Å²) in [7, 11) is 0. The standard InChI is InChI=1S/C24H30N4O/c1-18-5-4-13-27(18)21-11-14-26(15-12-21)23-9-8-20(17-25-23)24(29)28-16-10-19-6-2-3-7-22(19)28/h2-3,6-9,17-18,21H,4-5,10-16H2,1H3. The highest BCUT2D eigenvalue weighted by Crippen LogP contribution is 2.30. The summed E-state index contributed by atoms with van der Waals surface area (Å²) in [6.45, 7) is 6.49. The van der Waals surface area contributed by atoms with Crippen molar-refractivity contribution in [1.82, 2.24) is 9.88 Å². The number of nitrogens with zero attached hydrogens (tertiary/aromatic N) is 4. The van der Waals surface area contributed by atoms with Gasteiger partial charge in [0.1, 0.15) is 5.82 Å². The second kappa shape index (κ2) is 7.79. The number of likely N-dealkylation sites (tertiary alicyclic amines) is 1. The Morgan fingerprint density at radius 1 is 1.00 bits per heavy atom. The van der Waals surface area contributed by atoms with Crippen molar-refractivity contribution >= 4 is 17.4 Å². The molecule has 5 heteroatoms. The van der Waals surface area contributed by atoms with Gasteiger partial charge in [-0.15, -0.1) is 0 Å². The molecule has 0 aliphatic carbocycles. The van der Waals surface area contributed by atoms with Gasteiger partial charge in [0, 0.05) is 43.6 Å². The SMILES string of the molecule is CC1CCCN1C1CCN(c2ccc(C(=O)N3CCc4ccccc43)cn2)CC1. The summed E-state index contributed by atoms with van der Waals surface area (Å²) < 4.78 is 0. The number of para-hydroxylation sites is 1. The molecule has 2 aromatic rings. The fourth-order valence-electron chi connectivity index (χ4n) is 5.33. The lowest BCUT2D eigenvalue weighted by molar-refractivity contribution is 0.0989. The molecule has 0 radical (unpaired) electrons. The minimum Gasteiger partial charge on any atom is -0.357 e. The van der Waals surface area contributed by atoms with E-state index in [1.165, 1.54) is 37.8 Å². The van der Waals surface area contributed by atoms with Crippen molar-refractivity contribution in [2.24, 2.45) is 0 Å². The zero-order chi connectivity index (χ0) is 19.8. The molecular weight excluding hydrogens is 360 g/mol. The second-order valence-corrected chi connectivity index (χ2v) is 8.69. The second-order valence-electron chi connectivity index (χ2n) is 8.69. The number of benzene rings is 1. The van der Waals surface area contributed by atoms with Gasteiger partial charge >= 0.3 is 0 Å². The smallest absolute Gasteiger partial charge is 0.259 e. The molecule has 3 aliphatic heterocycles. The fraction of sp³-hybridized carbons (Fsp3) is 0.500. The molecule has 3 aliphatic rings. The third-order valence-electron chi connectivity index (χ3n) is 6.99. The third kappa shape index (κ3) is 3.52. The van der Waals surface area contributed by atoms with E-state index in [-0.39, 0.29) is 5.91 Å². The van der Waals surface area contributed by atoms with Crippen LogP contribution in [0.5, 0.6) is 0 Å². The molecule has 1 aromatic carbocycles. The summed E-state index contributed by atoms with van der Waals surface area (Å²) in [6, 6.07) is 13.6. The Kier molecular flexibility index (Phi) is 5.00. The number of amides is 1. The minimum atomic E-state index is 0.0516. The number of carbonyl (C=O) groups excluding carboxylic acids is 1. The van der Waals surface area contributed by atoms with Crippen LogP contribution in [0.25, 0.3) is 0 Å². The molecule has 0 bridgehead atoms. The van der Waals surface area contributed by atoms with Crippen molar-refractivity contribution in [2.75, 3.05) is 36.0 Å². The molecule has 2 saturated heterocycles. The molecule has 5 nitrogen and oxygen atoms in total. The number of fused-ring (bicyclic) bond motifs is 1. The Hall–Kier alpha value is -2.40. The first kappa shape index (κ1) is 18.6. The van der Waals surface area contributed by atoms with E-state index < -0.39 is 0 Å². The van der Waals surface area contributed by atoms with Gasteiger partial charge in [0.15, 0.2) is 0 Å². The van der Waals surface area contributed by atoms with Crippen molar-refractivity contribution in [3.05, 3.63) is 53.7 Å². The topological polar surface area (TPSA) is 39.7 Å². The van der Waals surface area contributed by atoms with Gasteiger partial charge in [-0.2, -0.15) is 0 Å². The molecule has 0 saturated carbocycles. The van der Waals surface area contributed by atoms with Crippen molar-refractivity contribution in [2.45, 2.75) is 51.1 Å². The quantitative estimate of drug-likeness (QED) is 0.800. The predicted molar refractivity (Wildman–Crippen MR) is 117 cm³/mol. The lowest BCUT2D eigenvalue weighted by Gasteiger charge is -2.39. The Balaban J connectivity index is 1.23. The molecule has 1 atom stereocenters. The average Bonchev–Trinajstić information content (AvgIpc) is 3.40. The molecule has 1 unspecified atom stereocenters. The molecule has 0 spiro atoms. The van der Waals surface area contributed by atoms with Gasteiger partial charge in [-0.25, -0.2) is 4.98 Å². The maximum absolute atomic E-state index is 13.0. The molecule has 1 amide bonds. The molecule has 5 rings (SSSR count). The van der Waals surface area contributed by atoms with Gasteiger partial charge in [-0.05, 0) is 69.3 Å². The number of aromatic nitrogens is 1. The summed E-state index contributed by atoms with van der Waals surface area (Å²) in [6.07, 6.45) is 7.79. The zero-order valence-electron chi connectivity index (χ0n) is 17.3. The third-order valence-corrected chi connectivity index (χ3v) is 6.99. The van der Waals surface area contributed by atoms with Gasteiger partial charge < -0.3 is 9.80 Å². The monoisotopic (exact) mass is 390 g/mol. The Labute approximate surface area is 173 Å². The first-order valence-electron chi connectivity index (χ1n) is 11.1. The number of carbonyl (C=O) groups is 1. The van der Waals surface area contributed by atoms with Crippen LogP contribution in [0.2, 0.25) is 0 Å². The van der Waals surface area contributed by atoms with Crippen LogP contribution in [0, 0.1) is 0 Å². The van der Waals surface area contributed by atoms with Crippen LogP contribution in [0.3, 0.4) is 0 Å². The first-order valence-corrected chi connectivity index (χ1v) is 11.1. The van der Waals surface area contributed by atoms with E-state index in [1.807, 2.05) is 35.2 Å². The minimum absolute atomic E-state index is 0.0516. The highest BCUT2D eigenvalue weighted by atomic mass is 16.2. The Bertz CT molecular complexity index is 873. The van der Waals surface area contributed by atoms with Gasteiger partial charge in [-0.1, -0.05) is 18.2 Å². The maximum atomic E-state index is 13.0. The summed E-state index contributed by atoms with van der Waals surface area (Å²) in [4.78, 5) is 24.6. The molecule has 2 fully saturated rings. The van der Waals surface area contributed by atoms with Crippen LogP contribution in [-0.4, -0.2) is 54.1 Å². The molecular formula is C24H30N4O.